The molecule has 1 aliphatic carbocycles. The minimum Gasteiger partial charge on any atom is -0.357 e. The van der Waals surface area contributed by atoms with Gasteiger partial charge in [-0.15, -0.1) is 12.4 Å². The third-order valence-corrected chi connectivity index (χ3v) is 6.84. The van der Waals surface area contributed by atoms with Crippen LogP contribution in [0.2, 0.25) is 0 Å². The van der Waals surface area contributed by atoms with Gasteiger partial charge >= 0.3 is 6.18 Å². The number of amides is 1. The molecule has 1 aromatic carbocycles. The van der Waals surface area contributed by atoms with Gasteiger partial charge in [0.25, 0.3) is 0 Å². The first-order valence-electron chi connectivity index (χ1n) is 12.3. The van der Waals surface area contributed by atoms with Gasteiger partial charge in [-0.1, -0.05) is 18.2 Å². The van der Waals surface area contributed by atoms with Gasteiger partial charge in [0, 0.05) is 51.7 Å². The van der Waals surface area contributed by atoms with Gasteiger partial charge in [0.05, 0.1) is 5.56 Å². The van der Waals surface area contributed by atoms with Gasteiger partial charge in [-0.25, -0.2) is 0 Å². The van der Waals surface area contributed by atoms with Crippen LogP contribution in [0.1, 0.15) is 36.8 Å². The third kappa shape index (κ3) is 7.57. The Morgan fingerprint density at radius 1 is 1.00 bits per heavy atom. The molecule has 4 rings (SSSR count). The molecule has 0 unspecified atom stereocenters. The van der Waals surface area contributed by atoms with Crippen LogP contribution < -0.4 is 20.9 Å². The molecule has 1 aromatic heterocycles. The van der Waals surface area contributed by atoms with Crippen LogP contribution in [0.15, 0.2) is 24.3 Å². The minimum absolute atomic E-state index is 0. The minimum atomic E-state index is -4.45. The highest BCUT2D eigenvalue weighted by atomic mass is 35.5. The smallest absolute Gasteiger partial charge is 0.357 e. The molecule has 1 saturated carbocycles. The fourth-order valence-electron chi connectivity index (χ4n) is 4.65. The second kappa shape index (κ2) is 12.6. The predicted molar refractivity (Wildman–Crippen MR) is 139 cm³/mol. The fourth-order valence-corrected chi connectivity index (χ4v) is 4.65. The lowest BCUT2D eigenvalue weighted by atomic mass is 9.85. The second-order valence-electron chi connectivity index (χ2n) is 9.39. The summed E-state index contributed by atoms with van der Waals surface area (Å²) in [5, 5.41) is 9.08. The lowest BCUT2D eigenvalue weighted by Gasteiger charge is -2.33. The second-order valence-corrected chi connectivity index (χ2v) is 9.39. The van der Waals surface area contributed by atoms with Crippen molar-refractivity contribution in [3.05, 3.63) is 35.4 Å². The Labute approximate surface area is 221 Å². The fraction of sp³-hybridized carbons (Fsp3) is 0.583. The van der Waals surface area contributed by atoms with Gasteiger partial charge in [-0.3, -0.25) is 4.79 Å². The average molecular weight is 543 g/mol. The Kier molecular flexibility index (Phi) is 9.77. The topological polar surface area (TPSA) is 98.3 Å². The molecule has 37 heavy (non-hydrogen) atoms. The van der Waals surface area contributed by atoms with Gasteiger partial charge in [-0.2, -0.15) is 28.1 Å². The van der Waals surface area contributed by atoms with E-state index in [1.54, 1.807) is 13.1 Å². The number of piperazine rings is 1. The van der Waals surface area contributed by atoms with Gasteiger partial charge < -0.3 is 25.8 Å². The zero-order chi connectivity index (χ0) is 25.7. The van der Waals surface area contributed by atoms with Crippen molar-refractivity contribution in [2.75, 3.05) is 55.8 Å². The standard InChI is InChI=1S/C24H33F3N8O.ClH/c1-28-21-31-22(33-23(32-21)35-13-11-34(2)12-14-35)30-18-9-7-16(8-10-18)20(36)29-15-17-5-3-4-6-19(17)24(25,26)27;/h3-6,16,18H,7-15H2,1-2H3,(H,29,36)(H2,28,30,31,32,33);1H/t16-,18+;. The number of hydrogen-bond donors (Lipinski definition) is 3. The van der Waals surface area contributed by atoms with Crippen LogP contribution in [0.3, 0.4) is 0 Å². The van der Waals surface area contributed by atoms with Crippen LogP contribution in [-0.4, -0.2) is 72.1 Å². The number of anilines is 3. The molecule has 9 nitrogen and oxygen atoms in total. The van der Waals surface area contributed by atoms with E-state index >= 15 is 0 Å². The highest BCUT2D eigenvalue weighted by Crippen LogP contribution is 2.32. The Morgan fingerprint density at radius 3 is 2.30 bits per heavy atom. The van der Waals surface area contributed by atoms with Crippen molar-refractivity contribution in [2.24, 2.45) is 5.92 Å². The SMILES string of the molecule is CNc1nc(N[C@H]2CC[C@@H](C(=O)NCc3ccccc3C(F)(F)F)CC2)nc(N2CCN(C)CC2)n1.Cl. The molecule has 1 saturated heterocycles. The van der Waals surface area contributed by atoms with Crippen LogP contribution in [0.4, 0.5) is 31.0 Å². The summed E-state index contributed by atoms with van der Waals surface area (Å²) in [6.07, 6.45) is -1.69. The molecule has 0 radical (unpaired) electrons. The number of benzene rings is 1. The number of carbonyl (C=O) groups excluding carboxylic acids is 1. The van der Waals surface area contributed by atoms with Crippen molar-refractivity contribution >= 4 is 36.2 Å². The first-order valence-corrected chi connectivity index (χ1v) is 12.3. The summed E-state index contributed by atoms with van der Waals surface area (Å²) in [4.78, 5) is 30.7. The number of alkyl halides is 3. The van der Waals surface area contributed by atoms with Crippen molar-refractivity contribution in [1.29, 1.82) is 0 Å². The molecule has 1 amide bonds. The Hall–Kier alpha value is -2.86. The molecular formula is C24H34ClF3N8O. The number of aromatic nitrogens is 3. The monoisotopic (exact) mass is 542 g/mol. The average Bonchev–Trinajstić information content (AvgIpc) is 2.87. The lowest BCUT2D eigenvalue weighted by molar-refractivity contribution is -0.138. The summed E-state index contributed by atoms with van der Waals surface area (Å²) in [5.41, 5.74) is -0.646. The number of nitrogens with one attached hydrogen (secondary N) is 3. The number of halogens is 4. The molecule has 0 spiro atoms. The van der Waals surface area contributed by atoms with E-state index in [-0.39, 0.29) is 42.4 Å². The highest BCUT2D eigenvalue weighted by Gasteiger charge is 2.33. The van der Waals surface area contributed by atoms with Crippen LogP contribution in [0, 0.1) is 5.92 Å². The van der Waals surface area contributed by atoms with Crippen molar-refractivity contribution in [3.63, 3.8) is 0 Å². The Balaban J connectivity index is 0.00000380. The number of carbonyl (C=O) groups is 1. The Morgan fingerprint density at radius 2 is 1.65 bits per heavy atom. The van der Waals surface area contributed by atoms with Crippen molar-refractivity contribution in [2.45, 2.75) is 44.4 Å². The highest BCUT2D eigenvalue weighted by molar-refractivity contribution is 5.85. The van der Waals surface area contributed by atoms with Gasteiger partial charge in [0.1, 0.15) is 0 Å². The first kappa shape index (κ1) is 28.7. The van der Waals surface area contributed by atoms with E-state index in [4.69, 9.17) is 0 Å². The maximum absolute atomic E-state index is 13.2. The molecule has 0 atom stereocenters. The normalized spacial score (nSPS) is 20.6. The van der Waals surface area contributed by atoms with Gasteiger partial charge in [0.15, 0.2) is 0 Å². The number of rotatable bonds is 7. The largest absolute Gasteiger partial charge is 0.416 e. The van der Waals surface area contributed by atoms with Crippen LogP contribution in [0.25, 0.3) is 0 Å². The predicted octanol–water partition coefficient (Wildman–Crippen LogP) is 3.39. The molecule has 2 fully saturated rings. The summed E-state index contributed by atoms with van der Waals surface area (Å²) >= 11 is 0. The molecule has 2 aromatic rings. The van der Waals surface area contributed by atoms with Gasteiger partial charge in [-0.05, 0) is 44.4 Å². The summed E-state index contributed by atoms with van der Waals surface area (Å²) in [6.45, 7) is 3.43. The van der Waals surface area contributed by atoms with Crippen molar-refractivity contribution in [3.8, 4) is 0 Å². The molecule has 1 aliphatic heterocycles. The number of nitrogens with zero attached hydrogens (tertiary/aromatic N) is 5. The van der Waals surface area contributed by atoms with E-state index in [2.05, 4.69) is 47.7 Å². The van der Waals surface area contributed by atoms with E-state index < -0.39 is 11.7 Å². The molecule has 204 valence electrons. The molecular weight excluding hydrogens is 509 g/mol. The molecule has 13 heteroatoms. The van der Waals surface area contributed by atoms with E-state index in [1.807, 2.05) is 0 Å². The van der Waals surface area contributed by atoms with E-state index in [9.17, 15) is 18.0 Å². The third-order valence-electron chi connectivity index (χ3n) is 6.84. The van der Waals surface area contributed by atoms with Crippen LogP contribution in [0.5, 0.6) is 0 Å². The first-order chi connectivity index (χ1) is 17.2. The summed E-state index contributed by atoms with van der Waals surface area (Å²) in [6, 6.07) is 5.43. The summed E-state index contributed by atoms with van der Waals surface area (Å²) in [5.74, 6) is 1.19. The molecule has 2 aliphatic rings. The van der Waals surface area contributed by atoms with E-state index in [1.165, 1.54) is 12.1 Å². The molecule has 0 bridgehead atoms. The van der Waals surface area contributed by atoms with Crippen molar-refractivity contribution < 1.29 is 18.0 Å². The maximum Gasteiger partial charge on any atom is 0.416 e. The molecule has 3 N–H and O–H groups in total. The molecule has 2 heterocycles. The maximum atomic E-state index is 13.2. The van der Waals surface area contributed by atoms with Crippen LogP contribution in [-0.2, 0) is 17.5 Å². The number of likely N-dealkylation sites (N-methyl/N-ethyl adjacent to an activating group) is 1. The Bertz CT molecular complexity index is 1040. The van der Waals surface area contributed by atoms with Crippen LogP contribution >= 0.6 is 12.4 Å². The van der Waals surface area contributed by atoms with Gasteiger partial charge in [0.2, 0.25) is 23.8 Å². The van der Waals surface area contributed by atoms with E-state index in [0.717, 1.165) is 45.1 Å². The summed E-state index contributed by atoms with van der Waals surface area (Å²) in [7, 11) is 3.86. The lowest BCUT2D eigenvalue weighted by Crippen LogP contribution is -2.45. The zero-order valence-corrected chi connectivity index (χ0v) is 21.8. The quantitative estimate of drug-likeness (QED) is 0.490. The van der Waals surface area contributed by atoms with Crippen molar-refractivity contribution in [1.82, 2.24) is 25.2 Å². The van der Waals surface area contributed by atoms with E-state index in [0.29, 0.717) is 30.7 Å². The zero-order valence-electron chi connectivity index (χ0n) is 21.0. The number of hydrogen-bond acceptors (Lipinski definition) is 8. The summed E-state index contributed by atoms with van der Waals surface area (Å²) < 4.78 is 39.6.